The fourth-order valence-corrected chi connectivity index (χ4v) is 3.20. The molecule has 0 saturated carbocycles. The molecule has 1 saturated heterocycles. The maximum Gasteiger partial charge on any atom is 0.305 e. The van der Waals surface area contributed by atoms with Crippen LogP contribution < -0.4 is 0 Å². The third-order valence-electron chi connectivity index (χ3n) is 4.81. The standard InChI is InChI=1S/C20H25N3O5/c1-13(2)14-3-5-15(6-4-14)20-21-17(28-22-20)7-8-18(24)23-9-10-27-12-16(23)11-19(25)26/h3-6,13,16H,7-12H2,1-2H3,(H,25,26). The number of aryl methyl sites for hydroxylation is 1. The lowest BCUT2D eigenvalue weighted by Crippen LogP contribution is -2.49. The van der Waals surface area contributed by atoms with Crippen LogP contribution in [-0.4, -0.2) is 57.8 Å². The van der Waals surface area contributed by atoms with Gasteiger partial charge in [-0.15, -0.1) is 0 Å². The van der Waals surface area contributed by atoms with Crippen molar-refractivity contribution in [3.05, 3.63) is 35.7 Å². The molecule has 0 spiro atoms. The van der Waals surface area contributed by atoms with Gasteiger partial charge in [-0.1, -0.05) is 43.3 Å². The number of hydrogen-bond acceptors (Lipinski definition) is 6. The number of aromatic nitrogens is 2. The van der Waals surface area contributed by atoms with Crippen molar-refractivity contribution in [2.45, 2.75) is 45.1 Å². The van der Waals surface area contributed by atoms with E-state index in [1.54, 1.807) is 4.90 Å². The summed E-state index contributed by atoms with van der Waals surface area (Å²) >= 11 is 0. The summed E-state index contributed by atoms with van der Waals surface area (Å²) in [7, 11) is 0. The number of carbonyl (C=O) groups is 2. The third-order valence-corrected chi connectivity index (χ3v) is 4.81. The number of carboxylic acids is 1. The van der Waals surface area contributed by atoms with Gasteiger partial charge in [-0.25, -0.2) is 0 Å². The van der Waals surface area contributed by atoms with Gasteiger partial charge in [0.15, 0.2) is 0 Å². The Morgan fingerprint density at radius 3 is 2.71 bits per heavy atom. The monoisotopic (exact) mass is 387 g/mol. The first-order valence-electron chi connectivity index (χ1n) is 9.46. The molecule has 1 unspecified atom stereocenters. The Hall–Kier alpha value is -2.74. The second kappa shape index (κ2) is 8.97. The van der Waals surface area contributed by atoms with Crippen LogP contribution in [0.5, 0.6) is 0 Å². The van der Waals surface area contributed by atoms with Gasteiger partial charge in [-0.2, -0.15) is 4.98 Å². The van der Waals surface area contributed by atoms with Crippen LogP contribution in [-0.2, 0) is 20.7 Å². The van der Waals surface area contributed by atoms with Crippen molar-refractivity contribution >= 4 is 11.9 Å². The van der Waals surface area contributed by atoms with Gasteiger partial charge in [0.1, 0.15) is 0 Å². The Morgan fingerprint density at radius 2 is 2.04 bits per heavy atom. The van der Waals surface area contributed by atoms with Crippen LogP contribution in [0.25, 0.3) is 11.4 Å². The Labute approximate surface area is 163 Å². The van der Waals surface area contributed by atoms with Gasteiger partial charge in [-0.05, 0) is 11.5 Å². The van der Waals surface area contributed by atoms with E-state index in [0.717, 1.165) is 5.56 Å². The molecule has 1 amide bonds. The van der Waals surface area contributed by atoms with Gasteiger partial charge in [0.25, 0.3) is 0 Å². The summed E-state index contributed by atoms with van der Waals surface area (Å²) in [4.78, 5) is 29.5. The molecule has 1 aromatic heterocycles. The number of rotatable bonds is 7. The number of hydrogen-bond donors (Lipinski definition) is 1. The molecule has 1 fully saturated rings. The molecule has 1 aromatic carbocycles. The van der Waals surface area contributed by atoms with E-state index in [-0.39, 0.29) is 25.4 Å². The maximum atomic E-state index is 12.5. The highest BCUT2D eigenvalue weighted by Gasteiger charge is 2.29. The minimum Gasteiger partial charge on any atom is -0.481 e. The molecule has 3 rings (SSSR count). The molecule has 1 atom stereocenters. The first-order valence-corrected chi connectivity index (χ1v) is 9.46. The van der Waals surface area contributed by atoms with E-state index >= 15 is 0 Å². The Morgan fingerprint density at radius 1 is 1.29 bits per heavy atom. The van der Waals surface area contributed by atoms with E-state index in [0.29, 0.717) is 37.2 Å². The topological polar surface area (TPSA) is 106 Å². The summed E-state index contributed by atoms with van der Waals surface area (Å²) in [6.07, 6.45) is 0.375. The SMILES string of the molecule is CC(C)c1ccc(-c2noc(CCC(=O)N3CCOCC3CC(=O)O)n2)cc1. The van der Waals surface area contributed by atoms with E-state index in [4.69, 9.17) is 14.4 Å². The average molecular weight is 387 g/mol. The molecule has 0 aliphatic carbocycles. The predicted molar refractivity (Wildman–Crippen MR) is 101 cm³/mol. The highest BCUT2D eigenvalue weighted by molar-refractivity contribution is 5.78. The van der Waals surface area contributed by atoms with Crippen LogP contribution in [0.4, 0.5) is 0 Å². The molecule has 2 heterocycles. The van der Waals surface area contributed by atoms with E-state index in [9.17, 15) is 9.59 Å². The van der Waals surface area contributed by atoms with Crippen LogP contribution in [0.3, 0.4) is 0 Å². The molecule has 2 aromatic rings. The molecular weight excluding hydrogens is 362 g/mol. The molecular formula is C20H25N3O5. The summed E-state index contributed by atoms with van der Waals surface area (Å²) in [6, 6.07) is 7.57. The molecule has 28 heavy (non-hydrogen) atoms. The highest BCUT2D eigenvalue weighted by Crippen LogP contribution is 2.21. The number of amides is 1. The zero-order valence-corrected chi connectivity index (χ0v) is 16.1. The predicted octanol–water partition coefficient (Wildman–Crippen LogP) is 2.49. The van der Waals surface area contributed by atoms with Crippen LogP contribution in [0.2, 0.25) is 0 Å². The number of ether oxygens (including phenoxy) is 1. The minimum atomic E-state index is -0.946. The van der Waals surface area contributed by atoms with E-state index in [1.807, 2.05) is 24.3 Å². The van der Waals surface area contributed by atoms with Gasteiger partial charge >= 0.3 is 5.97 Å². The summed E-state index contributed by atoms with van der Waals surface area (Å²) in [5, 5.41) is 13.0. The molecule has 1 aliphatic heterocycles. The minimum absolute atomic E-state index is 0.122. The zero-order valence-electron chi connectivity index (χ0n) is 16.1. The molecule has 0 radical (unpaired) electrons. The fourth-order valence-electron chi connectivity index (χ4n) is 3.20. The lowest BCUT2D eigenvalue weighted by Gasteiger charge is -2.34. The molecule has 0 bridgehead atoms. The van der Waals surface area contributed by atoms with Crippen molar-refractivity contribution in [3.8, 4) is 11.4 Å². The van der Waals surface area contributed by atoms with Gasteiger partial charge in [-0.3, -0.25) is 9.59 Å². The lowest BCUT2D eigenvalue weighted by molar-refractivity contribution is -0.146. The second-order valence-corrected chi connectivity index (χ2v) is 7.20. The zero-order chi connectivity index (χ0) is 20.1. The summed E-state index contributed by atoms with van der Waals surface area (Å²) in [5.41, 5.74) is 2.10. The van der Waals surface area contributed by atoms with Crippen molar-refractivity contribution in [2.75, 3.05) is 19.8 Å². The van der Waals surface area contributed by atoms with Crippen LogP contribution in [0, 0.1) is 0 Å². The van der Waals surface area contributed by atoms with E-state index in [1.165, 1.54) is 5.56 Å². The van der Waals surface area contributed by atoms with Gasteiger partial charge in [0, 0.05) is 24.9 Å². The maximum absolute atomic E-state index is 12.5. The molecule has 150 valence electrons. The van der Waals surface area contributed by atoms with Gasteiger partial charge in [0.05, 0.1) is 25.7 Å². The smallest absolute Gasteiger partial charge is 0.305 e. The lowest BCUT2D eigenvalue weighted by atomic mass is 10.0. The Kier molecular flexibility index (Phi) is 6.41. The number of benzene rings is 1. The first-order chi connectivity index (χ1) is 13.4. The third kappa shape index (κ3) is 4.95. The molecule has 8 nitrogen and oxygen atoms in total. The summed E-state index contributed by atoms with van der Waals surface area (Å²) in [5.74, 6) is 0.257. The van der Waals surface area contributed by atoms with Gasteiger partial charge in [0.2, 0.25) is 17.6 Å². The Balaban J connectivity index is 1.59. The Bertz CT molecular complexity index is 816. The molecule has 1 aliphatic rings. The number of carbonyl (C=O) groups excluding carboxylic acids is 1. The average Bonchev–Trinajstić information content (AvgIpc) is 3.15. The quantitative estimate of drug-likeness (QED) is 0.778. The number of morpholine rings is 1. The van der Waals surface area contributed by atoms with E-state index < -0.39 is 12.0 Å². The van der Waals surface area contributed by atoms with Crippen molar-refractivity contribution in [1.82, 2.24) is 15.0 Å². The van der Waals surface area contributed by atoms with Crippen LogP contribution in [0.15, 0.2) is 28.8 Å². The number of aliphatic carboxylic acids is 1. The van der Waals surface area contributed by atoms with E-state index in [2.05, 4.69) is 24.0 Å². The second-order valence-electron chi connectivity index (χ2n) is 7.20. The summed E-state index contributed by atoms with van der Waals surface area (Å²) < 4.78 is 10.6. The highest BCUT2D eigenvalue weighted by atomic mass is 16.5. The largest absolute Gasteiger partial charge is 0.481 e. The molecule has 8 heteroatoms. The molecule has 1 N–H and O–H groups in total. The summed E-state index contributed by atoms with van der Waals surface area (Å²) in [6.45, 7) is 5.32. The van der Waals surface area contributed by atoms with Gasteiger partial charge < -0.3 is 19.3 Å². The van der Waals surface area contributed by atoms with Crippen LogP contribution in [0.1, 0.15) is 44.1 Å². The number of nitrogens with zero attached hydrogens (tertiary/aromatic N) is 3. The van der Waals surface area contributed by atoms with Crippen molar-refractivity contribution in [1.29, 1.82) is 0 Å². The normalized spacial score (nSPS) is 17.1. The first kappa shape index (κ1) is 20.0. The van der Waals surface area contributed by atoms with Crippen LogP contribution >= 0.6 is 0 Å². The van der Waals surface area contributed by atoms with Crippen molar-refractivity contribution < 1.29 is 24.0 Å². The number of carboxylic acid groups (broad SMARTS) is 1. The van der Waals surface area contributed by atoms with Crippen molar-refractivity contribution in [2.24, 2.45) is 0 Å². The fraction of sp³-hybridized carbons (Fsp3) is 0.500. The van der Waals surface area contributed by atoms with Crippen molar-refractivity contribution in [3.63, 3.8) is 0 Å².